The number of carbonyl (C=O) groups excluding carboxylic acids is 1. The van der Waals surface area contributed by atoms with E-state index in [4.69, 9.17) is 0 Å². The van der Waals surface area contributed by atoms with Gasteiger partial charge in [0.1, 0.15) is 0 Å². The van der Waals surface area contributed by atoms with E-state index in [9.17, 15) is 19.5 Å². The van der Waals surface area contributed by atoms with Gasteiger partial charge >= 0.3 is 0 Å². The van der Waals surface area contributed by atoms with Crippen molar-refractivity contribution < 1.29 is 9.90 Å². The predicted octanol–water partition coefficient (Wildman–Crippen LogP) is 2.63. The number of hydrogen-bond acceptors (Lipinski definition) is 6. The average molecular weight is 491 g/mol. The summed E-state index contributed by atoms with van der Waals surface area (Å²) in [6, 6.07) is 15.0. The second-order valence-electron chi connectivity index (χ2n) is 8.98. The van der Waals surface area contributed by atoms with Crippen LogP contribution in [0, 0.1) is 5.92 Å². The number of pyridine rings is 1. The van der Waals surface area contributed by atoms with Crippen LogP contribution >= 0.6 is 11.8 Å². The Morgan fingerprint density at radius 3 is 2.74 bits per heavy atom. The largest absolute Gasteiger partial charge is 0.493 e. The Bertz CT molecular complexity index is 1380. The maximum Gasteiger partial charge on any atom is 0.258 e. The molecule has 35 heavy (non-hydrogen) atoms. The van der Waals surface area contributed by atoms with Crippen LogP contribution in [0.4, 0.5) is 0 Å². The van der Waals surface area contributed by atoms with Gasteiger partial charge in [0.05, 0.1) is 11.3 Å². The van der Waals surface area contributed by atoms with Gasteiger partial charge < -0.3 is 19.6 Å². The normalized spacial score (nSPS) is 19.0. The van der Waals surface area contributed by atoms with Crippen LogP contribution in [0.5, 0.6) is 5.88 Å². The number of benzene rings is 1. The molecular weight excluding hydrogens is 464 g/mol. The van der Waals surface area contributed by atoms with Crippen LogP contribution in [0.1, 0.15) is 29.2 Å². The van der Waals surface area contributed by atoms with Gasteiger partial charge in [-0.25, -0.2) is 0 Å². The smallest absolute Gasteiger partial charge is 0.258 e. The minimum Gasteiger partial charge on any atom is -0.493 e. The van der Waals surface area contributed by atoms with Gasteiger partial charge in [0.25, 0.3) is 11.1 Å². The molecule has 1 aromatic carbocycles. The summed E-state index contributed by atoms with van der Waals surface area (Å²) in [6.45, 7) is 1.81. The molecule has 0 saturated carbocycles. The van der Waals surface area contributed by atoms with Crippen molar-refractivity contribution in [2.45, 2.75) is 30.5 Å². The number of piperidine rings is 1. The third-order valence-electron chi connectivity index (χ3n) is 6.57. The van der Waals surface area contributed by atoms with E-state index in [-0.39, 0.29) is 52.1 Å². The SMILES string of the molecule is O=C(CSc1nc(O)c(C/C=C/c2ccccc2)c(=O)[nH]1)N1C[C@@H]2C[C@@H](C1)c1cccc(=O)n1C2. The zero-order valence-electron chi connectivity index (χ0n) is 19.1. The zero-order valence-corrected chi connectivity index (χ0v) is 19.9. The van der Waals surface area contributed by atoms with E-state index < -0.39 is 5.56 Å². The van der Waals surface area contributed by atoms with Crippen LogP contribution in [-0.4, -0.2) is 49.3 Å². The Labute approximate surface area is 206 Å². The summed E-state index contributed by atoms with van der Waals surface area (Å²) in [6.07, 6.45) is 4.90. The molecule has 2 aliphatic rings. The van der Waals surface area contributed by atoms with Gasteiger partial charge in [-0.15, -0.1) is 0 Å². The van der Waals surface area contributed by atoms with Crippen molar-refractivity contribution in [3.8, 4) is 5.88 Å². The lowest BCUT2D eigenvalue weighted by Gasteiger charge is -2.42. The zero-order chi connectivity index (χ0) is 24.4. The number of nitrogens with one attached hydrogen (secondary N) is 1. The Kier molecular flexibility index (Phi) is 6.59. The molecule has 4 heterocycles. The Morgan fingerprint density at radius 2 is 1.94 bits per heavy atom. The topological polar surface area (TPSA) is 108 Å². The van der Waals surface area contributed by atoms with Crippen molar-refractivity contribution in [2.75, 3.05) is 18.8 Å². The minimum absolute atomic E-state index is 0.0152. The first-order chi connectivity index (χ1) is 17.0. The van der Waals surface area contributed by atoms with Crippen LogP contribution < -0.4 is 11.1 Å². The molecule has 180 valence electrons. The first-order valence-electron chi connectivity index (χ1n) is 11.6. The molecule has 2 atom stereocenters. The van der Waals surface area contributed by atoms with Gasteiger partial charge in [-0.05, 0) is 24.0 Å². The monoisotopic (exact) mass is 490 g/mol. The van der Waals surface area contributed by atoms with E-state index in [1.165, 1.54) is 0 Å². The summed E-state index contributed by atoms with van der Waals surface area (Å²) in [5.74, 6) is 0.136. The van der Waals surface area contributed by atoms with Gasteiger partial charge in [-0.2, -0.15) is 4.98 Å². The second-order valence-corrected chi connectivity index (χ2v) is 9.94. The molecule has 0 radical (unpaired) electrons. The summed E-state index contributed by atoms with van der Waals surface area (Å²) < 4.78 is 1.84. The summed E-state index contributed by atoms with van der Waals surface area (Å²) >= 11 is 1.10. The number of thioether (sulfide) groups is 1. The number of allylic oxidation sites excluding steroid dienone is 1. The maximum absolute atomic E-state index is 12.9. The van der Waals surface area contributed by atoms with E-state index in [0.717, 1.165) is 29.4 Å². The summed E-state index contributed by atoms with van der Waals surface area (Å²) in [7, 11) is 0. The van der Waals surface area contributed by atoms with Gasteiger partial charge in [0, 0.05) is 43.7 Å². The molecule has 2 aliphatic heterocycles. The molecule has 1 saturated heterocycles. The lowest BCUT2D eigenvalue weighted by molar-refractivity contribution is -0.131. The van der Waals surface area contributed by atoms with E-state index in [1.807, 2.05) is 51.9 Å². The molecule has 2 aromatic heterocycles. The van der Waals surface area contributed by atoms with Gasteiger partial charge in [-0.3, -0.25) is 14.4 Å². The van der Waals surface area contributed by atoms with Crippen LogP contribution in [0.15, 0.2) is 69.4 Å². The lowest BCUT2D eigenvalue weighted by Crippen LogP contribution is -2.49. The number of H-pyrrole nitrogens is 1. The number of aromatic hydroxyl groups is 1. The molecule has 5 rings (SSSR count). The number of likely N-dealkylation sites (tertiary alicyclic amines) is 1. The molecule has 1 amide bonds. The van der Waals surface area contributed by atoms with Crippen LogP contribution in [0.25, 0.3) is 6.08 Å². The summed E-state index contributed by atoms with van der Waals surface area (Å²) in [4.78, 5) is 46.2. The van der Waals surface area contributed by atoms with Crippen LogP contribution in [-0.2, 0) is 17.8 Å². The fourth-order valence-electron chi connectivity index (χ4n) is 4.92. The number of aromatic amines is 1. The highest BCUT2D eigenvalue weighted by molar-refractivity contribution is 7.99. The van der Waals surface area contributed by atoms with E-state index in [1.54, 1.807) is 18.2 Å². The molecule has 0 spiro atoms. The molecule has 2 N–H and O–H groups in total. The van der Waals surface area contributed by atoms with Crippen molar-refractivity contribution in [3.63, 3.8) is 0 Å². The highest BCUT2D eigenvalue weighted by atomic mass is 32.2. The van der Waals surface area contributed by atoms with Crippen molar-refractivity contribution in [3.05, 3.63) is 92.1 Å². The van der Waals surface area contributed by atoms with Crippen molar-refractivity contribution in [1.82, 2.24) is 19.4 Å². The fourth-order valence-corrected chi connectivity index (χ4v) is 5.68. The number of nitrogens with zero attached hydrogens (tertiary/aromatic N) is 3. The maximum atomic E-state index is 12.9. The molecule has 1 fully saturated rings. The molecule has 8 nitrogen and oxygen atoms in total. The number of carbonyl (C=O) groups is 1. The number of rotatable bonds is 6. The van der Waals surface area contributed by atoms with Crippen LogP contribution in [0.2, 0.25) is 0 Å². The Hall–Kier alpha value is -3.59. The molecule has 0 aliphatic carbocycles. The third-order valence-corrected chi connectivity index (χ3v) is 7.43. The van der Waals surface area contributed by atoms with E-state index in [2.05, 4.69) is 9.97 Å². The van der Waals surface area contributed by atoms with Crippen molar-refractivity contribution in [2.24, 2.45) is 5.92 Å². The highest BCUT2D eigenvalue weighted by Crippen LogP contribution is 2.35. The van der Waals surface area contributed by atoms with E-state index >= 15 is 0 Å². The number of aromatic nitrogens is 3. The number of amides is 1. The van der Waals surface area contributed by atoms with E-state index in [0.29, 0.717) is 19.6 Å². The van der Waals surface area contributed by atoms with Gasteiger partial charge in [-0.1, -0.05) is 60.3 Å². The first-order valence-corrected chi connectivity index (χ1v) is 12.6. The Balaban J connectivity index is 1.21. The van der Waals surface area contributed by atoms with Crippen molar-refractivity contribution >= 4 is 23.7 Å². The first kappa shape index (κ1) is 23.2. The lowest BCUT2D eigenvalue weighted by atomic mass is 9.83. The molecule has 2 bridgehead atoms. The number of hydrogen-bond donors (Lipinski definition) is 2. The standard InChI is InChI=1S/C26H26N4O4S/c31-22-11-5-10-21-19-12-18(14-30(21)22)13-29(15-19)23(32)16-35-26-27-24(33)20(25(34)28-26)9-4-8-17-6-2-1-3-7-17/h1-8,10-11,18-19H,9,12-16H2,(H2,27,28,33,34)/b8-4+/t18-,19-/m0/s1. The molecule has 3 aromatic rings. The molecule has 9 heteroatoms. The average Bonchev–Trinajstić information content (AvgIpc) is 2.85. The fraction of sp³-hybridized carbons (Fsp3) is 0.308. The Morgan fingerprint density at radius 1 is 1.11 bits per heavy atom. The van der Waals surface area contributed by atoms with Gasteiger partial charge in [0.2, 0.25) is 11.8 Å². The number of fused-ring (bicyclic) bond motifs is 4. The minimum atomic E-state index is -0.417. The highest BCUT2D eigenvalue weighted by Gasteiger charge is 2.36. The molecule has 0 unspecified atom stereocenters. The molecular formula is C26H26N4O4S. The van der Waals surface area contributed by atoms with Crippen LogP contribution in [0.3, 0.4) is 0 Å². The third kappa shape index (κ3) is 5.09. The quantitative estimate of drug-likeness (QED) is 0.406. The summed E-state index contributed by atoms with van der Waals surface area (Å²) in [5, 5.41) is 10.5. The predicted molar refractivity (Wildman–Crippen MR) is 135 cm³/mol. The van der Waals surface area contributed by atoms with Crippen molar-refractivity contribution in [1.29, 1.82) is 0 Å². The van der Waals surface area contributed by atoms with Gasteiger partial charge in [0.15, 0.2) is 5.16 Å². The summed E-state index contributed by atoms with van der Waals surface area (Å²) in [5.41, 5.74) is 1.78. The second kappa shape index (κ2) is 9.95.